The van der Waals surface area contributed by atoms with Crippen LogP contribution in [0.5, 0.6) is 5.75 Å². The van der Waals surface area contributed by atoms with Crippen molar-refractivity contribution in [2.75, 3.05) is 14.2 Å². The Bertz CT molecular complexity index is 997. The van der Waals surface area contributed by atoms with E-state index in [1.54, 1.807) is 20.4 Å². The molecule has 0 aliphatic rings. The minimum absolute atomic E-state index is 0.163. The van der Waals surface area contributed by atoms with Gasteiger partial charge in [0.25, 0.3) is 0 Å². The number of carboxylic acids is 1. The van der Waals surface area contributed by atoms with E-state index in [0.717, 1.165) is 46.4 Å². The van der Waals surface area contributed by atoms with Crippen LogP contribution in [0.3, 0.4) is 0 Å². The quantitative estimate of drug-likeness (QED) is 0.522. The number of pyridine rings is 1. The van der Waals surface area contributed by atoms with Crippen LogP contribution in [0.2, 0.25) is 0 Å². The second kappa shape index (κ2) is 9.52. The maximum Gasteiger partial charge on any atom is 0.303 e. The number of rotatable bonds is 10. The molecule has 3 rings (SSSR count). The van der Waals surface area contributed by atoms with E-state index in [9.17, 15) is 4.79 Å². The summed E-state index contributed by atoms with van der Waals surface area (Å²) < 4.78 is 12.8. The van der Waals surface area contributed by atoms with Gasteiger partial charge in [0, 0.05) is 36.5 Å². The average molecular weight is 397 g/mol. The van der Waals surface area contributed by atoms with E-state index in [1.807, 2.05) is 16.8 Å². The molecule has 0 bridgehead atoms. The van der Waals surface area contributed by atoms with Crippen LogP contribution in [0.15, 0.2) is 30.6 Å². The lowest BCUT2D eigenvalue weighted by molar-refractivity contribution is -0.137. The molecule has 0 radical (unpaired) electrons. The summed E-state index contributed by atoms with van der Waals surface area (Å²) in [4.78, 5) is 15.2. The summed E-state index contributed by atoms with van der Waals surface area (Å²) in [6.45, 7) is 2.49. The third kappa shape index (κ3) is 4.56. The van der Waals surface area contributed by atoms with E-state index in [4.69, 9.17) is 19.7 Å². The van der Waals surface area contributed by atoms with Gasteiger partial charge < -0.3 is 14.6 Å². The molecule has 0 aromatic carbocycles. The number of methoxy groups -OCH3 is 2. The van der Waals surface area contributed by atoms with Crippen LogP contribution in [-0.4, -0.2) is 39.9 Å². The first kappa shape index (κ1) is 20.8. The highest BCUT2D eigenvalue weighted by Crippen LogP contribution is 2.34. The Morgan fingerprint density at radius 2 is 2.03 bits per heavy atom. The molecule has 0 atom stereocenters. The smallest absolute Gasteiger partial charge is 0.303 e. The normalized spacial score (nSPS) is 11.1. The van der Waals surface area contributed by atoms with E-state index in [1.165, 1.54) is 0 Å². The van der Waals surface area contributed by atoms with E-state index < -0.39 is 5.97 Å². The Morgan fingerprint density at radius 1 is 1.21 bits per heavy atom. The van der Waals surface area contributed by atoms with Crippen molar-refractivity contribution in [1.82, 2.24) is 14.6 Å². The SMILES string of the molecule is CCc1ccc2c(-c3cncc(OC)c3)c(CCCCC(=O)O)c(COC)nn12. The molecule has 29 heavy (non-hydrogen) atoms. The zero-order chi connectivity index (χ0) is 20.8. The topological polar surface area (TPSA) is 86.0 Å². The molecule has 0 unspecified atom stereocenters. The molecule has 3 heterocycles. The Labute approximate surface area is 170 Å². The molecule has 7 heteroatoms. The molecule has 0 amide bonds. The van der Waals surface area contributed by atoms with Crippen molar-refractivity contribution < 1.29 is 19.4 Å². The van der Waals surface area contributed by atoms with Gasteiger partial charge in [-0.25, -0.2) is 4.52 Å². The van der Waals surface area contributed by atoms with Crippen LogP contribution < -0.4 is 4.74 Å². The van der Waals surface area contributed by atoms with Gasteiger partial charge in [0.1, 0.15) is 5.75 Å². The monoisotopic (exact) mass is 397 g/mol. The standard InChI is InChI=1S/C22H27N3O4/c1-4-16-9-10-20-22(15-11-17(29-3)13-23-12-15)18(7-5-6-8-21(26)27)19(14-28-2)24-25(16)20/h9-13H,4-8,14H2,1-3H3,(H,26,27). The Balaban J connectivity index is 2.17. The Morgan fingerprint density at radius 3 is 2.72 bits per heavy atom. The number of hydrogen-bond acceptors (Lipinski definition) is 5. The number of aryl methyl sites for hydroxylation is 1. The zero-order valence-electron chi connectivity index (χ0n) is 17.1. The molecule has 0 saturated heterocycles. The minimum Gasteiger partial charge on any atom is -0.495 e. The molecule has 7 nitrogen and oxygen atoms in total. The first-order valence-corrected chi connectivity index (χ1v) is 9.81. The molecule has 154 valence electrons. The third-order valence-corrected chi connectivity index (χ3v) is 5.01. The second-order valence-electron chi connectivity index (χ2n) is 6.92. The van der Waals surface area contributed by atoms with E-state index in [-0.39, 0.29) is 6.42 Å². The van der Waals surface area contributed by atoms with Crippen LogP contribution >= 0.6 is 0 Å². The van der Waals surface area contributed by atoms with Gasteiger partial charge in [0.15, 0.2) is 0 Å². The van der Waals surface area contributed by atoms with Gasteiger partial charge in [-0.2, -0.15) is 5.10 Å². The fourth-order valence-corrected chi connectivity index (χ4v) is 3.62. The molecule has 1 N–H and O–H groups in total. The number of ether oxygens (including phenoxy) is 2. The fourth-order valence-electron chi connectivity index (χ4n) is 3.62. The van der Waals surface area contributed by atoms with Crippen molar-refractivity contribution >= 4 is 11.5 Å². The molecular weight excluding hydrogens is 370 g/mol. The van der Waals surface area contributed by atoms with Gasteiger partial charge in [0.05, 0.1) is 31.1 Å². The number of carbonyl (C=O) groups is 1. The van der Waals surface area contributed by atoms with Crippen LogP contribution in [-0.2, 0) is 29.0 Å². The molecule has 0 spiro atoms. The number of fused-ring (bicyclic) bond motifs is 1. The molecule has 3 aromatic rings. The van der Waals surface area contributed by atoms with Crippen LogP contribution in [0.1, 0.15) is 43.1 Å². The summed E-state index contributed by atoms with van der Waals surface area (Å²) in [5.41, 5.74) is 6.05. The van der Waals surface area contributed by atoms with E-state index in [0.29, 0.717) is 25.2 Å². The van der Waals surface area contributed by atoms with Crippen molar-refractivity contribution in [1.29, 1.82) is 0 Å². The van der Waals surface area contributed by atoms with Crippen molar-refractivity contribution in [3.8, 4) is 16.9 Å². The average Bonchev–Trinajstić information content (AvgIpc) is 3.13. The lowest BCUT2D eigenvalue weighted by atomic mass is 9.95. The highest BCUT2D eigenvalue weighted by molar-refractivity contribution is 5.84. The summed E-state index contributed by atoms with van der Waals surface area (Å²) in [5.74, 6) is -0.0862. The van der Waals surface area contributed by atoms with Gasteiger partial charge >= 0.3 is 5.97 Å². The summed E-state index contributed by atoms with van der Waals surface area (Å²) in [6.07, 6.45) is 6.62. The summed E-state index contributed by atoms with van der Waals surface area (Å²) in [7, 11) is 3.28. The first-order valence-electron chi connectivity index (χ1n) is 9.81. The van der Waals surface area contributed by atoms with Crippen LogP contribution in [0.4, 0.5) is 0 Å². The van der Waals surface area contributed by atoms with Gasteiger partial charge in [-0.05, 0) is 49.4 Å². The van der Waals surface area contributed by atoms with Gasteiger partial charge in [-0.3, -0.25) is 9.78 Å². The highest BCUT2D eigenvalue weighted by Gasteiger charge is 2.19. The number of aromatic nitrogens is 3. The predicted octanol–water partition coefficient (Wildman–Crippen LogP) is 3.91. The summed E-state index contributed by atoms with van der Waals surface area (Å²) >= 11 is 0. The maximum atomic E-state index is 10.9. The van der Waals surface area contributed by atoms with Gasteiger partial charge in [0.2, 0.25) is 0 Å². The van der Waals surface area contributed by atoms with Crippen molar-refractivity contribution in [2.45, 2.75) is 45.6 Å². The lowest BCUT2D eigenvalue weighted by Crippen LogP contribution is -2.10. The molecule has 0 saturated carbocycles. The van der Waals surface area contributed by atoms with E-state index >= 15 is 0 Å². The van der Waals surface area contributed by atoms with Gasteiger partial charge in [-0.15, -0.1) is 0 Å². The molecule has 0 aliphatic heterocycles. The lowest BCUT2D eigenvalue weighted by Gasteiger charge is -2.17. The fraction of sp³-hybridized carbons (Fsp3) is 0.409. The number of carboxylic acid groups (broad SMARTS) is 1. The molecule has 3 aromatic heterocycles. The minimum atomic E-state index is -0.771. The highest BCUT2D eigenvalue weighted by atomic mass is 16.5. The van der Waals surface area contributed by atoms with Gasteiger partial charge in [-0.1, -0.05) is 6.92 Å². The van der Waals surface area contributed by atoms with Crippen molar-refractivity contribution in [3.05, 3.63) is 47.5 Å². The van der Waals surface area contributed by atoms with Crippen molar-refractivity contribution in [2.24, 2.45) is 0 Å². The molecule has 0 fully saturated rings. The Kier molecular flexibility index (Phi) is 6.82. The molecule has 0 aliphatic carbocycles. The summed E-state index contributed by atoms with van der Waals surface area (Å²) in [5, 5.41) is 13.8. The number of unbranched alkanes of at least 4 members (excludes halogenated alkanes) is 1. The largest absolute Gasteiger partial charge is 0.495 e. The molecular formula is C22H27N3O4. The van der Waals surface area contributed by atoms with Crippen LogP contribution in [0, 0.1) is 0 Å². The number of aliphatic carboxylic acids is 1. The summed E-state index contributed by atoms with van der Waals surface area (Å²) in [6, 6.07) is 6.14. The first-order chi connectivity index (χ1) is 14.1. The van der Waals surface area contributed by atoms with Crippen molar-refractivity contribution in [3.63, 3.8) is 0 Å². The maximum absolute atomic E-state index is 10.9. The second-order valence-corrected chi connectivity index (χ2v) is 6.92. The zero-order valence-corrected chi connectivity index (χ0v) is 17.1. The van der Waals surface area contributed by atoms with Crippen LogP contribution in [0.25, 0.3) is 16.6 Å². The number of nitrogens with zero attached hydrogens (tertiary/aromatic N) is 3. The Hall–Kier alpha value is -2.93. The van der Waals surface area contributed by atoms with E-state index in [2.05, 4.69) is 24.0 Å². The number of hydrogen-bond donors (Lipinski definition) is 1. The predicted molar refractivity (Wildman–Crippen MR) is 110 cm³/mol. The third-order valence-electron chi connectivity index (χ3n) is 5.01.